The third-order valence-corrected chi connectivity index (χ3v) is 12.9. The Labute approximate surface area is 375 Å². The van der Waals surface area contributed by atoms with Crippen LogP contribution in [-0.2, 0) is 5.41 Å². The van der Waals surface area contributed by atoms with Crippen molar-refractivity contribution in [1.82, 2.24) is 4.57 Å². The minimum atomic E-state index is 0.0844. The summed E-state index contributed by atoms with van der Waals surface area (Å²) in [5.41, 5.74) is 17.3. The molecule has 0 bridgehead atoms. The van der Waals surface area contributed by atoms with Crippen LogP contribution < -0.4 is 4.90 Å². The summed E-state index contributed by atoms with van der Waals surface area (Å²) in [6.45, 7) is 18.6. The molecule has 8 aromatic carbocycles. The first-order valence-electron chi connectivity index (χ1n) is 22.7. The number of hydrogen-bond acceptors (Lipinski definition) is 1. The number of rotatable bonds is 10. The highest BCUT2D eigenvalue weighted by atomic mass is 15.1. The van der Waals surface area contributed by atoms with Gasteiger partial charge in [0.25, 0.3) is 0 Å². The molecule has 9 rings (SSSR count). The number of benzene rings is 8. The van der Waals surface area contributed by atoms with Crippen molar-refractivity contribution in [3.8, 4) is 39.1 Å². The highest BCUT2D eigenvalue weighted by molar-refractivity contribution is 6.11. The Bertz CT molecular complexity index is 2960. The van der Waals surface area contributed by atoms with Crippen molar-refractivity contribution >= 4 is 38.9 Å². The maximum atomic E-state index is 2.44. The summed E-state index contributed by atoms with van der Waals surface area (Å²) in [5, 5.41) is 2.51. The summed E-state index contributed by atoms with van der Waals surface area (Å²) in [4.78, 5) is 2.34. The molecular weight excluding hydrogens is 761 g/mol. The van der Waals surface area contributed by atoms with Crippen LogP contribution in [-0.4, -0.2) is 4.57 Å². The molecule has 1 heterocycles. The lowest BCUT2D eigenvalue weighted by molar-refractivity contribution is 0.280. The molecule has 0 aliphatic heterocycles. The minimum absolute atomic E-state index is 0.0844. The summed E-state index contributed by atoms with van der Waals surface area (Å²) in [6, 6.07) is 71.8. The molecule has 0 fully saturated rings. The van der Waals surface area contributed by atoms with E-state index in [-0.39, 0.29) is 10.8 Å². The monoisotopic (exact) mass is 820 g/mol. The summed E-state index contributed by atoms with van der Waals surface area (Å²) >= 11 is 0. The molecule has 1 atom stereocenters. The van der Waals surface area contributed by atoms with Crippen molar-refractivity contribution in [2.45, 2.75) is 73.1 Å². The van der Waals surface area contributed by atoms with Crippen LogP contribution in [0.1, 0.15) is 78.9 Å². The van der Waals surface area contributed by atoms with Gasteiger partial charge in [-0.05, 0) is 146 Å². The third kappa shape index (κ3) is 8.60. The summed E-state index contributed by atoms with van der Waals surface area (Å²) in [5.74, 6) is 1.16. The molecule has 2 heteroatoms. The number of para-hydroxylation sites is 1. The van der Waals surface area contributed by atoms with Gasteiger partial charge in [-0.15, -0.1) is 0 Å². The van der Waals surface area contributed by atoms with E-state index in [4.69, 9.17) is 0 Å². The van der Waals surface area contributed by atoms with E-state index in [9.17, 15) is 0 Å². The summed E-state index contributed by atoms with van der Waals surface area (Å²) in [7, 11) is 0. The fraction of sp³-hybridized carbons (Fsp3) is 0.213. The van der Waals surface area contributed by atoms with Crippen molar-refractivity contribution < 1.29 is 0 Å². The largest absolute Gasteiger partial charge is 0.311 e. The second-order valence-corrected chi connectivity index (χ2v) is 19.9. The average molecular weight is 821 g/mol. The molecular formula is C61H60N2. The minimum Gasteiger partial charge on any atom is -0.311 e. The van der Waals surface area contributed by atoms with Crippen molar-refractivity contribution in [2.24, 2.45) is 11.3 Å². The quantitative estimate of drug-likeness (QED) is 0.133. The first-order valence-corrected chi connectivity index (χ1v) is 22.7. The van der Waals surface area contributed by atoms with Crippen LogP contribution in [0, 0.1) is 11.3 Å². The van der Waals surface area contributed by atoms with E-state index in [1.165, 1.54) is 78.4 Å². The molecule has 0 radical (unpaired) electrons. The van der Waals surface area contributed by atoms with Crippen molar-refractivity contribution in [3.63, 3.8) is 0 Å². The lowest BCUT2D eigenvalue weighted by Gasteiger charge is -2.32. The third-order valence-electron chi connectivity index (χ3n) is 12.9. The van der Waals surface area contributed by atoms with E-state index in [0.717, 1.165) is 17.1 Å². The van der Waals surface area contributed by atoms with E-state index in [1.807, 2.05) is 0 Å². The van der Waals surface area contributed by atoms with Gasteiger partial charge < -0.3 is 9.47 Å². The molecule has 1 aromatic heterocycles. The van der Waals surface area contributed by atoms with Crippen LogP contribution in [0.4, 0.5) is 17.1 Å². The second-order valence-electron chi connectivity index (χ2n) is 19.9. The Balaban J connectivity index is 1.11. The first-order chi connectivity index (χ1) is 30.3. The Kier molecular flexibility index (Phi) is 11.2. The predicted octanol–water partition coefficient (Wildman–Crippen LogP) is 17.7. The molecule has 63 heavy (non-hydrogen) atoms. The van der Waals surface area contributed by atoms with Crippen LogP contribution in [0.25, 0.3) is 60.9 Å². The lowest BCUT2D eigenvalue weighted by Crippen LogP contribution is -2.20. The van der Waals surface area contributed by atoms with E-state index in [2.05, 4.69) is 259 Å². The molecule has 0 aliphatic carbocycles. The van der Waals surface area contributed by atoms with Crippen LogP contribution in [0.2, 0.25) is 0 Å². The topological polar surface area (TPSA) is 8.17 Å². The van der Waals surface area contributed by atoms with Crippen LogP contribution >= 0.6 is 0 Å². The molecule has 0 saturated heterocycles. The molecule has 0 N–H and O–H groups in total. The van der Waals surface area contributed by atoms with Gasteiger partial charge in [-0.1, -0.05) is 177 Å². The zero-order chi connectivity index (χ0) is 43.9. The number of aromatic nitrogens is 1. The summed E-state index contributed by atoms with van der Waals surface area (Å²) in [6.07, 6.45) is 1.18. The smallest absolute Gasteiger partial charge is 0.0541 e. The van der Waals surface area contributed by atoms with Crippen molar-refractivity contribution in [3.05, 3.63) is 205 Å². The molecule has 1 unspecified atom stereocenters. The fourth-order valence-corrected chi connectivity index (χ4v) is 9.40. The maximum Gasteiger partial charge on any atom is 0.0541 e. The van der Waals surface area contributed by atoms with Gasteiger partial charge >= 0.3 is 0 Å². The van der Waals surface area contributed by atoms with E-state index >= 15 is 0 Å². The SMILES string of the molecule is CC(C)CC(c1ccc(-c2ccc3c(c2)c2cc(-c4ccc(N(c5ccccc5)c5ccc(-c6ccccc6)cc5)cc4)ccc2n3-c2ccc(C(C)(C)C)cc2)cc1)C(C)(C)C. The molecule has 0 amide bonds. The van der Waals surface area contributed by atoms with Gasteiger partial charge in [0.05, 0.1) is 11.0 Å². The van der Waals surface area contributed by atoms with Crippen molar-refractivity contribution in [1.29, 1.82) is 0 Å². The van der Waals surface area contributed by atoms with Gasteiger partial charge in [0, 0.05) is 33.5 Å². The normalized spacial score (nSPS) is 12.6. The molecule has 2 nitrogen and oxygen atoms in total. The Hall–Kier alpha value is -6.64. The number of fused-ring (bicyclic) bond motifs is 3. The maximum absolute atomic E-state index is 2.44. The van der Waals surface area contributed by atoms with Gasteiger partial charge in [-0.25, -0.2) is 0 Å². The molecule has 0 spiro atoms. The van der Waals surface area contributed by atoms with Gasteiger partial charge in [-0.3, -0.25) is 0 Å². The van der Waals surface area contributed by atoms with Gasteiger partial charge in [0.1, 0.15) is 0 Å². The van der Waals surface area contributed by atoms with Gasteiger partial charge in [0.15, 0.2) is 0 Å². The highest BCUT2D eigenvalue weighted by Crippen LogP contribution is 2.42. The molecule has 314 valence electrons. The molecule has 9 aromatic rings. The Morgan fingerprint density at radius 2 is 0.841 bits per heavy atom. The van der Waals surface area contributed by atoms with Crippen LogP contribution in [0.5, 0.6) is 0 Å². The Morgan fingerprint density at radius 1 is 0.429 bits per heavy atom. The average Bonchev–Trinajstić information content (AvgIpc) is 3.62. The summed E-state index contributed by atoms with van der Waals surface area (Å²) < 4.78 is 2.44. The van der Waals surface area contributed by atoms with Crippen LogP contribution in [0.15, 0.2) is 194 Å². The zero-order valence-electron chi connectivity index (χ0n) is 38.2. The predicted molar refractivity (Wildman–Crippen MR) is 272 cm³/mol. The molecule has 0 aliphatic rings. The fourth-order valence-electron chi connectivity index (χ4n) is 9.40. The second kappa shape index (κ2) is 16.9. The van der Waals surface area contributed by atoms with E-state index in [0.29, 0.717) is 11.8 Å². The zero-order valence-corrected chi connectivity index (χ0v) is 38.2. The number of hydrogen-bond donors (Lipinski definition) is 0. The van der Waals surface area contributed by atoms with Crippen molar-refractivity contribution in [2.75, 3.05) is 4.90 Å². The number of nitrogens with zero attached hydrogens (tertiary/aromatic N) is 2. The van der Waals surface area contributed by atoms with Gasteiger partial charge in [-0.2, -0.15) is 0 Å². The van der Waals surface area contributed by atoms with Gasteiger partial charge in [0.2, 0.25) is 0 Å². The van der Waals surface area contributed by atoms with E-state index < -0.39 is 0 Å². The number of anilines is 3. The highest BCUT2D eigenvalue weighted by Gasteiger charge is 2.27. The van der Waals surface area contributed by atoms with E-state index in [1.54, 1.807) is 0 Å². The lowest BCUT2D eigenvalue weighted by atomic mass is 9.72. The molecule has 0 saturated carbocycles. The van der Waals surface area contributed by atoms with Crippen LogP contribution in [0.3, 0.4) is 0 Å². The first kappa shape index (κ1) is 41.7. The Morgan fingerprint density at radius 3 is 1.30 bits per heavy atom. The standard InChI is InChI=1S/C61H60N2/c1-42(2)39-57(61(6,7)8)47-21-19-45(20-22-47)48-27-37-58-55(40-48)56-41-49(28-38-59(56)63(58)54-35-29-50(30-36-54)60(3,4)5)46-25-33-53(34-26-46)62(51-17-13-10-14-18-51)52-31-23-44(24-32-52)43-15-11-9-12-16-43/h9-38,40-42,57H,39H2,1-8H3.